The Bertz CT molecular complexity index is 1010. The zero-order chi connectivity index (χ0) is 20.1. The summed E-state index contributed by atoms with van der Waals surface area (Å²) in [6, 6.07) is 8.22. The number of ether oxygens (including phenoxy) is 2. The van der Waals surface area contributed by atoms with Gasteiger partial charge in [0.05, 0.1) is 30.0 Å². The van der Waals surface area contributed by atoms with Crippen molar-refractivity contribution in [2.45, 2.75) is 6.92 Å². The van der Waals surface area contributed by atoms with Crippen molar-refractivity contribution in [1.29, 1.82) is 0 Å². The van der Waals surface area contributed by atoms with Gasteiger partial charge in [-0.05, 0) is 19.1 Å². The molecular formula is C19H17NO7S. The van der Waals surface area contributed by atoms with Crippen molar-refractivity contribution >= 4 is 40.6 Å². The minimum absolute atomic E-state index is 0.0573. The quantitative estimate of drug-likeness (QED) is 0.409. The molecule has 1 fully saturated rings. The number of fused-ring (bicyclic) bond motifs is 1. The highest BCUT2D eigenvalue weighted by Crippen LogP contribution is 2.28. The van der Waals surface area contributed by atoms with Crippen molar-refractivity contribution in [3.8, 4) is 0 Å². The summed E-state index contributed by atoms with van der Waals surface area (Å²) >= 11 is 1.20. The molecule has 0 atom stereocenters. The molecule has 146 valence electrons. The van der Waals surface area contributed by atoms with Crippen molar-refractivity contribution in [2.24, 2.45) is 0 Å². The van der Waals surface area contributed by atoms with E-state index in [4.69, 9.17) is 13.9 Å². The summed E-state index contributed by atoms with van der Waals surface area (Å²) in [7, 11) is 0. The molecule has 1 aliphatic rings. The maximum absolute atomic E-state index is 12.2. The van der Waals surface area contributed by atoms with E-state index in [-0.39, 0.29) is 37.0 Å². The number of hydrogen-bond acceptors (Lipinski definition) is 8. The van der Waals surface area contributed by atoms with Crippen LogP contribution in [-0.4, -0.2) is 48.3 Å². The molecule has 1 aromatic heterocycles. The van der Waals surface area contributed by atoms with Gasteiger partial charge in [0.25, 0.3) is 0 Å². The Morgan fingerprint density at radius 2 is 2.04 bits per heavy atom. The van der Waals surface area contributed by atoms with Crippen molar-refractivity contribution < 1.29 is 28.3 Å². The van der Waals surface area contributed by atoms with Crippen LogP contribution in [0.4, 0.5) is 0 Å². The van der Waals surface area contributed by atoms with Crippen molar-refractivity contribution in [1.82, 2.24) is 4.90 Å². The molecule has 0 bridgehead atoms. The van der Waals surface area contributed by atoms with Crippen LogP contribution in [0.2, 0.25) is 0 Å². The summed E-state index contributed by atoms with van der Waals surface area (Å²) in [6.07, 6.45) is 1.23. The second-order valence-corrected chi connectivity index (χ2v) is 6.69. The van der Waals surface area contributed by atoms with Gasteiger partial charge in [0.1, 0.15) is 17.8 Å². The Kier molecular flexibility index (Phi) is 6.15. The number of carbonyl (C=O) groups is 3. The molecule has 8 nitrogen and oxygen atoms in total. The zero-order valence-electron chi connectivity index (χ0n) is 15.0. The number of para-hydroxylation sites is 1. The highest BCUT2D eigenvalue weighted by atomic mass is 32.2. The first-order chi connectivity index (χ1) is 13.5. The number of amides is 1. The van der Waals surface area contributed by atoms with E-state index in [9.17, 15) is 19.2 Å². The largest absolute Gasteiger partial charge is 0.463 e. The summed E-state index contributed by atoms with van der Waals surface area (Å²) in [6.45, 7) is 1.83. The third-order valence-corrected chi connectivity index (χ3v) is 4.87. The van der Waals surface area contributed by atoms with Crippen LogP contribution in [0.3, 0.4) is 0 Å². The Morgan fingerprint density at radius 1 is 1.25 bits per heavy atom. The number of hydrogen-bond donors (Lipinski definition) is 0. The van der Waals surface area contributed by atoms with Crippen LogP contribution >= 0.6 is 11.8 Å². The van der Waals surface area contributed by atoms with Crippen LogP contribution in [0.15, 0.2) is 50.6 Å². The van der Waals surface area contributed by atoms with E-state index >= 15 is 0 Å². The van der Waals surface area contributed by atoms with Gasteiger partial charge in [0.2, 0.25) is 5.91 Å². The molecule has 3 rings (SSSR count). The van der Waals surface area contributed by atoms with E-state index < -0.39 is 17.6 Å². The number of esters is 2. The van der Waals surface area contributed by atoms with E-state index in [1.165, 1.54) is 28.8 Å². The topological polar surface area (TPSA) is 103 Å². The molecule has 0 aliphatic carbocycles. The van der Waals surface area contributed by atoms with Gasteiger partial charge in [0.15, 0.2) is 0 Å². The Labute approximate surface area is 164 Å². The van der Waals surface area contributed by atoms with E-state index in [1.807, 2.05) is 0 Å². The van der Waals surface area contributed by atoms with Crippen molar-refractivity contribution in [3.05, 3.63) is 57.4 Å². The minimum atomic E-state index is -0.838. The van der Waals surface area contributed by atoms with Gasteiger partial charge in [-0.15, -0.1) is 0 Å². The maximum atomic E-state index is 12.2. The molecule has 2 aromatic rings. The lowest BCUT2D eigenvalue weighted by Gasteiger charge is -2.16. The lowest BCUT2D eigenvalue weighted by molar-refractivity contribution is -0.137. The second-order valence-electron chi connectivity index (χ2n) is 5.69. The Hall–Kier alpha value is -3.07. The van der Waals surface area contributed by atoms with Crippen LogP contribution in [0, 0.1) is 0 Å². The smallest absolute Gasteiger partial charge is 0.351 e. The summed E-state index contributed by atoms with van der Waals surface area (Å²) in [5.74, 6) is -1.40. The summed E-state index contributed by atoms with van der Waals surface area (Å²) in [4.78, 5) is 49.1. The van der Waals surface area contributed by atoms with Crippen LogP contribution in [-0.2, 0) is 19.1 Å². The second kappa shape index (κ2) is 8.75. The standard InChI is InChI=1S/C19H17NO7S/c1-2-25-17(22)10-16-20(15(21)11-28-16)7-8-26-18(23)13-9-12-5-3-4-6-14(12)27-19(13)24/h3-6,9-10H,2,7-8,11H2,1H3/b16-10-. The number of benzene rings is 1. The van der Waals surface area contributed by atoms with Gasteiger partial charge in [0, 0.05) is 5.39 Å². The Morgan fingerprint density at radius 3 is 2.82 bits per heavy atom. The van der Waals surface area contributed by atoms with Crippen LogP contribution in [0.25, 0.3) is 11.0 Å². The monoisotopic (exact) mass is 403 g/mol. The normalized spacial score (nSPS) is 15.2. The first-order valence-electron chi connectivity index (χ1n) is 8.51. The third kappa shape index (κ3) is 4.42. The summed E-state index contributed by atoms with van der Waals surface area (Å²) < 4.78 is 15.1. The maximum Gasteiger partial charge on any atom is 0.351 e. The first-order valence-corrected chi connectivity index (χ1v) is 9.49. The molecule has 9 heteroatoms. The number of carbonyl (C=O) groups excluding carboxylic acids is 3. The fourth-order valence-corrected chi connectivity index (χ4v) is 3.52. The molecule has 0 unspecified atom stereocenters. The van der Waals surface area contributed by atoms with E-state index in [0.29, 0.717) is 16.0 Å². The van der Waals surface area contributed by atoms with Gasteiger partial charge in [-0.25, -0.2) is 14.4 Å². The molecule has 1 amide bonds. The van der Waals surface area contributed by atoms with E-state index in [0.717, 1.165) is 0 Å². The fraction of sp³-hybridized carbons (Fsp3) is 0.263. The molecule has 28 heavy (non-hydrogen) atoms. The molecule has 2 heterocycles. The minimum Gasteiger partial charge on any atom is -0.463 e. The summed E-state index contributed by atoms with van der Waals surface area (Å²) in [5, 5.41) is 1.03. The third-order valence-electron chi connectivity index (χ3n) is 3.85. The fourth-order valence-electron chi connectivity index (χ4n) is 2.57. The Balaban J connectivity index is 1.65. The molecule has 0 spiro atoms. The lowest BCUT2D eigenvalue weighted by Crippen LogP contribution is -2.30. The number of rotatable bonds is 6. The van der Waals surface area contributed by atoms with E-state index in [2.05, 4.69) is 0 Å². The molecular weight excluding hydrogens is 386 g/mol. The van der Waals surface area contributed by atoms with Crippen LogP contribution < -0.4 is 5.63 Å². The molecule has 0 saturated carbocycles. The van der Waals surface area contributed by atoms with Gasteiger partial charge >= 0.3 is 17.6 Å². The molecule has 1 aliphatic heterocycles. The lowest BCUT2D eigenvalue weighted by atomic mass is 10.2. The van der Waals surface area contributed by atoms with Crippen LogP contribution in [0.5, 0.6) is 0 Å². The first kappa shape index (κ1) is 19.7. The number of nitrogens with zero attached hydrogens (tertiary/aromatic N) is 1. The highest BCUT2D eigenvalue weighted by Gasteiger charge is 2.27. The SMILES string of the molecule is CCOC(=O)/C=C1\SCC(=O)N1CCOC(=O)c1cc2ccccc2oc1=O. The van der Waals surface area contributed by atoms with Crippen LogP contribution in [0.1, 0.15) is 17.3 Å². The summed E-state index contributed by atoms with van der Waals surface area (Å²) in [5.41, 5.74) is -0.639. The molecule has 1 saturated heterocycles. The molecule has 0 N–H and O–H groups in total. The van der Waals surface area contributed by atoms with Crippen molar-refractivity contribution in [3.63, 3.8) is 0 Å². The predicted molar refractivity (Wildman–Crippen MR) is 102 cm³/mol. The zero-order valence-corrected chi connectivity index (χ0v) is 15.8. The predicted octanol–water partition coefficient (Wildman–Crippen LogP) is 1.93. The van der Waals surface area contributed by atoms with Gasteiger partial charge in [-0.1, -0.05) is 30.0 Å². The van der Waals surface area contributed by atoms with Gasteiger partial charge in [-0.3, -0.25) is 4.79 Å². The number of thioether (sulfide) groups is 1. The molecule has 0 radical (unpaired) electrons. The van der Waals surface area contributed by atoms with Crippen molar-refractivity contribution in [2.75, 3.05) is 25.5 Å². The average molecular weight is 403 g/mol. The average Bonchev–Trinajstić information content (AvgIpc) is 3.01. The highest BCUT2D eigenvalue weighted by molar-refractivity contribution is 8.04. The van der Waals surface area contributed by atoms with Gasteiger partial charge in [-0.2, -0.15) is 0 Å². The molecule has 1 aromatic carbocycles. The van der Waals surface area contributed by atoms with E-state index in [1.54, 1.807) is 31.2 Å². The van der Waals surface area contributed by atoms with Gasteiger partial charge < -0.3 is 18.8 Å².